The van der Waals surface area contributed by atoms with Crippen LogP contribution in [0.4, 0.5) is 5.69 Å². The van der Waals surface area contributed by atoms with Gasteiger partial charge in [-0.3, -0.25) is 0 Å². The first-order valence-corrected chi connectivity index (χ1v) is 7.10. The molecule has 4 heteroatoms. The predicted molar refractivity (Wildman–Crippen MR) is 82.2 cm³/mol. The summed E-state index contributed by atoms with van der Waals surface area (Å²) in [5.41, 5.74) is 2.27. The smallest absolute Gasteiger partial charge is 0.118 e. The average Bonchev–Trinajstić information content (AvgIpc) is 2.39. The molecule has 0 spiro atoms. The van der Waals surface area contributed by atoms with E-state index in [9.17, 15) is 0 Å². The van der Waals surface area contributed by atoms with E-state index in [1.807, 2.05) is 30.3 Å². The van der Waals surface area contributed by atoms with Crippen LogP contribution < -0.4 is 10.1 Å². The third-order valence-corrected chi connectivity index (χ3v) is 3.91. The maximum absolute atomic E-state index is 5.13. The Bertz CT molecular complexity index is 506. The molecule has 94 valence electrons. The first kappa shape index (κ1) is 13.4. The first-order chi connectivity index (χ1) is 8.70. The van der Waals surface area contributed by atoms with Gasteiger partial charge >= 0.3 is 0 Å². The summed E-state index contributed by atoms with van der Waals surface area (Å²) in [5.74, 6) is 0.876. The summed E-state index contributed by atoms with van der Waals surface area (Å²) in [6.07, 6.45) is 0. The molecule has 0 atom stereocenters. The second-order valence-corrected chi connectivity index (χ2v) is 5.51. The number of hydrogen-bond donors (Lipinski definition) is 1. The van der Waals surface area contributed by atoms with Gasteiger partial charge in [-0.05, 0) is 61.7 Å². The van der Waals surface area contributed by atoms with E-state index in [0.717, 1.165) is 26.9 Å². The molecule has 0 saturated heterocycles. The predicted octanol–water partition coefficient (Wildman–Crippen LogP) is 4.83. The molecule has 2 aromatic rings. The third-order valence-electron chi connectivity index (χ3n) is 2.59. The quantitative estimate of drug-likeness (QED) is 0.831. The summed E-state index contributed by atoms with van der Waals surface area (Å²) >= 11 is 7.06. The van der Waals surface area contributed by atoms with E-state index < -0.39 is 0 Å². The minimum Gasteiger partial charge on any atom is -0.497 e. The number of ether oxygens (including phenoxy) is 1. The average molecular weight is 371 g/mol. The number of rotatable bonds is 4. The van der Waals surface area contributed by atoms with E-state index in [1.54, 1.807) is 7.11 Å². The van der Waals surface area contributed by atoms with Crippen LogP contribution in [0.3, 0.4) is 0 Å². The summed E-state index contributed by atoms with van der Waals surface area (Å²) in [6.45, 7) is 0.769. The monoisotopic (exact) mass is 369 g/mol. The molecule has 0 fully saturated rings. The van der Waals surface area contributed by atoms with Crippen LogP contribution in [0.2, 0.25) is 0 Å². The Morgan fingerprint density at radius 2 is 1.61 bits per heavy atom. The highest BCUT2D eigenvalue weighted by molar-refractivity contribution is 9.11. The molecule has 2 nitrogen and oxygen atoms in total. The van der Waals surface area contributed by atoms with Crippen molar-refractivity contribution in [2.24, 2.45) is 0 Å². The van der Waals surface area contributed by atoms with Gasteiger partial charge in [0.1, 0.15) is 5.75 Å². The zero-order valence-electron chi connectivity index (χ0n) is 9.91. The van der Waals surface area contributed by atoms with Crippen molar-refractivity contribution in [3.8, 4) is 5.75 Å². The molecule has 0 aliphatic carbocycles. The SMILES string of the molecule is COc1ccc(CNc2c(Br)cccc2Br)cc1. The van der Waals surface area contributed by atoms with E-state index in [1.165, 1.54) is 5.56 Å². The maximum Gasteiger partial charge on any atom is 0.118 e. The lowest BCUT2D eigenvalue weighted by atomic mass is 10.2. The van der Waals surface area contributed by atoms with E-state index in [4.69, 9.17) is 4.74 Å². The summed E-state index contributed by atoms with van der Waals surface area (Å²) in [7, 11) is 1.67. The number of anilines is 1. The van der Waals surface area contributed by atoms with Crippen LogP contribution in [-0.4, -0.2) is 7.11 Å². The topological polar surface area (TPSA) is 21.3 Å². The largest absolute Gasteiger partial charge is 0.497 e. The van der Waals surface area contributed by atoms with Gasteiger partial charge < -0.3 is 10.1 Å². The summed E-state index contributed by atoms with van der Waals surface area (Å²) < 4.78 is 7.23. The number of hydrogen-bond acceptors (Lipinski definition) is 2. The lowest BCUT2D eigenvalue weighted by Crippen LogP contribution is -2.00. The lowest BCUT2D eigenvalue weighted by molar-refractivity contribution is 0.414. The fourth-order valence-electron chi connectivity index (χ4n) is 1.60. The van der Waals surface area contributed by atoms with Crippen molar-refractivity contribution < 1.29 is 4.74 Å². The van der Waals surface area contributed by atoms with Crippen molar-refractivity contribution in [1.29, 1.82) is 0 Å². The van der Waals surface area contributed by atoms with Gasteiger partial charge in [0.15, 0.2) is 0 Å². The third kappa shape index (κ3) is 3.27. The highest BCUT2D eigenvalue weighted by Gasteiger charge is 2.03. The number of nitrogens with one attached hydrogen (secondary N) is 1. The van der Waals surface area contributed by atoms with Crippen molar-refractivity contribution in [3.05, 3.63) is 57.0 Å². The molecule has 0 unspecified atom stereocenters. The number of benzene rings is 2. The van der Waals surface area contributed by atoms with Gasteiger partial charge in [-0.25, -0.2) is 0 Å². The number of para-hydroxylation sites is 1. The van der Waals surface area contributed by atoms with E-state index in [2.05, 4.69) is 49.3 Å². The maximum atomic E-state index is 5.13. The molecule has 0 aromatic heterocycles. The Morgan fingerprint density at radius 3 is 2.17 bits per heavy atom. The van der Waals surface area contributed by atoms with Gasteiger partial charge in [0, 0.05) is 15.5 Å². The molecule has 0 aliphatic heterocycles. The summed E-state index contributed by atoms with van der Waals surface area (Å²) in [6, 6.07) is 14.1. The highest BCUT2D eigenvalue weighted by atomic mass is 79.9. The van der Waals surface area contributed by atoms with Crippen LogP contribution in [0.15, 0.2) is 51.4 Å². The zero-order valence-corrected chi connectivity index (χ0v) is 13.1. The molecular weight excluding hydrogens is 358 g/mol. The van der Waals surface area contributed by atoms with Gasteiger partial charge in [0.25, 0.3) is 0 Å². The standard InChI is InChI=1S/C14H13Br2NO/c1-18-11-7-5-10(6-8-11)9-17-14-12(15)3-2-4-13(14)16/h2-8,17H,9H2,1H3. The number of methoxy groups -OCH3 is 1. The molecule has 0 radical (unpaired) electrons. The normalized spacial score (nSPS) is 10.2. The molecule has 0 heterocycles. The Kier molecular flexibility index (Phi) is 4.66. The Hall–Kier alpha value is -1.00. The molecule has 1 N–H and O–H groups in total. The minimum atomic E-state index is 0.769. The second-order valence-electron chi connectivity index (χ2n) is 3.80. The van der Waals surface area contributed by atoms with Crippen LogP contribution in [0, 0.1) is 0 Å². The van der Waals surface area contributed by atoms with E-state index in [0.29, 0.717) is 0 Å². The van der Waals surface area contributed by atoms with Crippen molar-refractivity contribution in [3.63, 3.8) is 0 Å². The Balaban J connectivity index is 2.06. The van der Waals surface area contributed by atoms with Crippen molar-refractivity contribution in [2.75, 3.05) is 12.4 Å². The van der Waals surface area contributed by atoms with E-state index in [-0.39, 0.29) is 0 Å². The molecule has 0 bridgehead atoms. The van der Waals surface area contributed by atoms with Crippen LogP contribution in [0.5, 0.6) is 5.75 Å². The molecule has 18 heavy (non-hydrogen) atoms. The van der Waals surface area contributed by atoms with Gasteiger partial charge in [0.2, 0.25) is 0 Å². The fourth-order valence-corrected chi connectivity index (χ4v) is 2.88. The molecule has 0 amide bonds. The van der Waals surface area contributed by atoms with Gasteiger partial charge in [-0.15, -0.1) is 0 Å². The van der Waals surface area contributed by atoms with E-state index >= 15 is 0 Å². The minimum absolute atomic E-state index is 0.769. The molecule has 0 aliphatic rings. The zero-order chi connectivity index (χ0) is 13.0. The van der Waals surface area contributed by atoms with Gasteiger partial charge in [-0.1, -0.05) is 18.2 Å². The molecular formula is C14H13Br2NO. The van der Waals surface area contributed by atoms with Crippen molar-refractivity contribution in [1.82, 2.24) is 0 Å². The van der Waals surface area contributed by atoms with Crippen LogP contribution in [0.25, 0.3) is 0 Å². The lowest BCUT2D eigenvalue weighted by Gasteiger charge is -2.11. The highest BCUT2D eigenvalue weighted by Crippen LogP contribution is 2.30. The van der Waals surface area contributed by atoms with Crippen LogP contribution in [-0.2, 0) is 6.54 Å². The van der Waals surface area contributed by atoms with Crippen LogP contribution >= 0.6 is 31.9 Å². The second kappa shape index (κ2) is 6.25. The van der Waals surface area contributed by atoms with Crippen LogP contribution in [0.1, 0.15) is 5.56 Å². The van der Waals surface area contributed by atoms with Crippen molar-refractivity contribution >= 4 is 37.5 Å². The van der Waals surface area contributed by atoms with Gasteiger partial charge in [-0.2, -0.15) is 0 Å². The molecule has 2 aromatic carbocycles. The molecule has 2 rings (SSSR count). The number of halogens is 2. The Morgan fingerprint density at radius 1 is 1.00 bits per heavy atom. The van der Waals surface area contributed by atoms with Crippen molar-refractivity contribution in [2.45, 2.75) is 6.54 Å². The summed E-state index contributed by atoms with van der Waals surface area (Å²) in [5, 5.41) is 3.40. The fraction of sp³-hybridized carbons (Fsp3) is 0.143. The Labute approximate surface area is 124 Å². The first-order valence-electron chi connectivity index (χ1n) is 5.51. The summed E-state index contributed by atoms with van der Waals surface area (Å²) in [4.78, 5) is 0. The van der Waals surface area contributed by atoms with Gasteiger partial charge in [0.05, 0.1) is 12.8 Å². The molecule has 0 saturated carbocycles.